The van der Waals surface area contributed by atoms with Crippen LogP contribution < -0.4 is 0 Å². The van der Waals surface area contributed by atoms with Gasteiger partial charge in [-0.3, -0.25) is 9.59 Å². The van der Waals surface area contributed by atoms with Crippen molar-refractivity contribution in [1.29, 1.82) is 0 Å². The summed E-state index contributed by atoms with van der Waals surface area (Å²) in [5.74, 6) is -2.14. The number of rotatable bonds is 9. The van der Waals surface area contributed by atoms with E-state index in [2.05, 4.69) is 4.90 Å². The molecule has 1 aliphatic heterocycles. The van der Waals surface area contributed by atoms with Gasteiger partial charge in [-0.25, -0.2) is 0 Å². The van der Waals surface area contributed by atoms with E-state index in [1.807, 2.05) is 4.90 Å². The van der Waals surface area contributed by atoms with Gasteiger partial charge in [0.25, 0.3) is 0 Å². The molecule has 6 heteroatoms. The molecule has 0 aromatic rings. The summed E-state index contributed by atoms with van der Waals surface area (Å²) in [7, 11) is 0. The van der Waals surface area contributed by atoms with Crippen LogP contribution in [0.5, 0.6) is 0 Å². The number of nitrogens with zero attached hydrogens (tertiary/aromatic N) is 2. The minimum Gasteiger partial charge on any atom is -0.481 e. The first-order valence-corrected chi connectivity index (χ1v) is 6.88. The number of aliphatic carboxylic acids is 2. The average Bonchev–Trinajstić information content (AvgIpc) is 2.85. The van der Waals surface area contributed by atoms with Gasteiger partial charge >= 0.3 is 11.9 Å². The fraction of sp³-hybridized carbons (Fsp3) is 0.846. The highest BCUT2D eigenvalue weighted by Crippen LogP contribution is 2.08. The Morgan fingerprint density at radius 1 is 1.21 bits per heavy atom. The number of likely N-dealkylation sites (tertiary alicyclic amines) is 1. The third-order valence-corrected chi connectivity index (χ3v) is 3.53. The fourth-order valence-electron chi connectivity index (χ4n) is 2.30. The van der Waals surface area contributed by atoms with Gasteiger partial charge in [-0.05, 0) is 25.9 Å². The first-order chi connectivity index (χ1) is 8.99. The Morgan fingerprint density at radius 3 is 2.37 bits per heavy atom. The summed E-state index contributed by atoms with van der Waals surface area (Å²) in [6.07, 6.45) is 2.51. The Labute approximate surface area is 114 Å². The van der Waals surface area contributed by atoms with Gasteiger partial charge in [0.1, 0.15) is 0 Å². The van der Waals surface area contributed by atoms with Crippen molar-refractivity contribution < 1.29 is 19.8 Å². The molecule has 0 bridgehead atoms. The maximum atomic E-state index is 10.9. The third-order valence-electron chi connectivity index (χ3n) is 3.53. The van der Waals surface area contributed by atoms with Gasteiger partial charge in [0.2, 0.25) is 0 Å². The number of carboxylic acids is 2. The summed E-state index contributed by atoms with van der Waals surface area (Å²) in [5, 5.41) is 17.7. The molecule has 1 heterocycles. The lowest BCUT2D eigenvalue weighted by Crippen LogP contribution is -2.39. The Bertz CT molecular complexity index is 303. The van der Waals surface area contributed by atoms with Crippen LogP contribution >= 0.6 is 0 Å². The topological polar surface area (TPSA) is 81.1 Å². The van der Waals surface area contributed by atoms with Crippen LogP contribution in [0.1, 0.15) is 26.2 Å². The second-order valence-electron chi connectivity index (χ2n) is 5.23. The van der Waals surface area contributed by atoms with E-state index in [0.717, 1.165) is 26.2 Å². The first-order valence-electron chi connectivity index (χ1n) is 6.88. The fourth-order valence-corrected chi connectivity index (χ4v) is 2.30. The monoisotopic (exact) mass is 272 g/mol. The summed E-state index contributed by atoms with van der Waals surface area (Å²) >= 11 is 0. The molecular weight excluding hydrogens is 248 g/mol. The smallest absolute Gasteiger partial charge is 0.307 e. The van der Waals surface area contributed by atoms with Crippen molar-refractivity contribution in [3.05, 3.63) is 0 Å². The molecule has 1 atom stereocenters. The second-order valence-corrected chi connectivity index (χ2v) is 5.23. The Kier molecular flexibility index (Phi) is 6.80. The van der Waals surface area contributed by atoms with E-state index in [1.165, 1.54) is 12.8 Å². The first kappa shape index (κ1) is 15.9. The Morgan fingerprint density at radius 2 is 1.84 bits per heavy atom. The second kappa shape index (κ2) is 8.12. The van der Waals surface area contributed by atoms with E-state index in [-0.39, 0.29) is 6.42 Å². The van der Waals surface area contributed by atoms with Crippen molar-refractivity contribution in [2.24, 2.45) is 5.92 Å². The van der Waals surface area contributed by atoms with Crippen LogP contribution in [-0.2, 0) is 9.59 Å². The van der Waals surface area contributed by atoms with Gasteiger partial charge in [-0.1, -0.05) is 6.92 Å². The molecule has 1 rings (SSSR count). The number of hydrogen-bond donors (Lipinski definition) is 2. The Balaban J connectivity index is 2.37. The summed E-state index contributed by atoms with van der Waals surface area (Å²) in [4.78, 5) is 25.8. The molecular formula is C13H24N2O4. The molecule has 0 aromatic carbocycles. The molecule has 110 valence electrons. The SMILES string of the molecule is CC(CN(CCC(=O)O)CCN1CCCC1)C(=O)O. The van der Waals surface area contributed by atoms with E-state index < -0.39 is 17.9 Å². The van der Waals surface area contributed by atoms with E-state index in [9.17, 15) is 9.59 Å². The molecule has 2 N–H and O–H groups in total. The zero-order valence-electron chi connectivity index (χ0n) is 11.5. The molecule has 1 aliphatic rings. The predicted molar refractivity (Wildman–Crippen MR) is 71.2 cm³/mol. The highest BCUT2D eigenvalue weighted by Gasteiger charge is 2.18. The number of hydrogen-bond acceptors (Lipinski definition) is 4. The lowest BCUT2D eigenvalue weighted by atomic mass is 10.1. The predicted octanol–water partition coefficient (Wildman–Crippen LogP) is 0.580. The molecule has 0 spiro atoms. The minimum atomic E-state index is -0.839. The molecule has 1 unspecified atom stereocenters. The Hall–Kier alpha value is -1.14. The summed E-state index contributed by atoms with van der Waals surface area (Å²) in [5.41, 5.74) is 0. The molecule has 1 saturated heterocycles. The lowest BCUT2D eigenvalue weighted by molar-refractivity contribution is -0.141. The maximum absolute atomic E-state index is 10.9. The molecule has 6 nitrogen and oxygen atoms in total. The quantitative estimate of drug-likeness (QED) is 0.639. The van der Waals surface area contributed by atoms with Crippen LogP contribution in [0.3, 0.4) is 0 Å². The molecule has 0 amide bonds. The van der Waals surface area contributed by atoms with Gasteiger partial charge in [-0.15, -0.1) is 0 Å². The van der Waals surface area contributed by atoms with Crippen LogP contribution in [-0.4, -0.2) is 71.2 Å². The van der Waals surface area contributed by atoms with E-state index >= 15 is 0 Å². The summed E-state index contributed by atoms with van der Waals surface area (Å²) in [6.45, 7) is 6.32. The molecule has 1 fully saturated rings. The highest BCUT2D eigenvalue weighted by atomic mass is 16.4. The zero-order chi connectivity index (χ0) is 14.3. The molecule has 0 aliphatic carbocycles. The number of carbonyl (C=O) groups is 2. The van der Waals surface area contributed by atoms with Crippen molar-refractivity contribution in [3.63, 3.8) is 0 Å². The van der Waals surface area contributed by atoms with E-state index in [0.29, 0.717) is 13.1 Å². The normalized spacial score (nSPS) is 17.8. The van der Waals surface area contributed by atoms with Crippen LogP contribution in [0, 0.1) is 5.92 Å². The van der Waals surface area contributed by atoms with Crippen molar-refractivity contribution in [2.45, 2.75) is 26.2 Å². The lowest BCUT2D eigenvalue weighted by Gasteiger charge is -2.26. The van der Waals surface area contributed by atoms with Crippen molar-refractivity contribution in [2.75, 3.05) is 39.3 Å². The largest absolute Gasteiger partial charge is 0.481 e. The highest BCUT2D eigenvalue weighted by molar-refractivity contribution is 5.69. The van der Waals surface area contributed by atoms with Crippen LogP contribution in [0.25, 0.3) is 0 Å². The van der Waals surface area contributed by atoms with Crippen molar-refractivity contribution in [3.8, 4) is 0 Å². The van der Waals surface area contributed by atoms with E-state index in [4.69, 9.17) is 10.2 Å². The summed E-state index contributed by atoms with van der Waals surface area (Å²) in [6, 6.07) is 0. The van der Waals surface area contributed by atoms with Gasteiger partial charge < -0.3 is 20.0 Å². The zero-order valence-corrected chi connectivity index (χ0v) is 11.5. The molecule has 19 heavy (non-hydrogen) atoms. The average molecular weight is 272 g/mol. The van der Waals surface area contributed by atoms with Crippen LogP contribution in [0.2, 0.25) is 0 Å². The minimum absolute atomic E-state index is 0.0618. The maximum Gasteiger partial charge on any atom is 0.307 e. The van der Waals surface area contributed by atoms with Gasteiger partial charge in [0.05, 0.1) is 12.3 Å². The van der Waals surface area contributed by atoms with Gasteiger partial charge in [0.15, 0.2) is 0 Å². The standard InChI is InChI=1S/C13H24N2O4/c1-11(13(18)19)10-15(7-4-12(16)17)9-8-14-5-2-3-6-14/h11H,2-10H2,1H3,(H,16,17)(H,18,19). The van der Waals surface area contributed by atoms with Gasteiger partial charge in [0, 0.05) is 26.2 Å². The molecule has 0 radical (unpaired) electrons. The number of carboxylic acid groups (broad SMARTS) is 2. The van der Waals surface area contributed by atoms with E-state index in [1.54, 1.807) is 6.92 Å². The van der Waals surface area contributed by atoms with Crippen molar-refractivity contribution in [1.82, 2.24) is 9.80 Å². The van der Waals surface area contributed by atoms with Crippen LogP contribution in [0.15, 0.2) is 0 Å². The summed E-state index contributed by atoms with van der Waals surface area (Å²) < 4.78 is 0. The van der Waals surface area contributed by atoms with Gasteiger partial charge in [-0.2, -0.15) is 0 Å². The van der Waals surface area contributed by atoms with Crippen molar-refractivity contribution >= 4 is 11.9 Å². The molecule has 0 aromatic heterocycles. The van der Waals surface area contributed by atoms with Crippen LogP contribution in [0.4, 0.5) is 0 Å². The molecule has 0 saturated carbocycles. The third kappa shape index (κ3) is 6.54.